The van der Waals surface area contributed by atoms with Crippen LogP contribution in [-0.2, 0) is 0 Å². The maximum absolute atomic E-state index is 13.1. The normalized spacial score (nSPS) is 14.4. The highest BCUT2D eigenvalue weighted by atomic mass is 16.6. The van der Waals surface area contributed by atoms with Gasteiger partial charge in [-0.2, -0.15) is 0 Å². The number of carbonyl (C=O) groups excluding carboxylic acids is 1. The van der Waals surface area contributed by atoms with E-state index in [1.807, 2.05) is 36.4 Å². The molecule has 0 aromatic heterocycles. The molecule has 1 fully saturated rings. The van der Waals surface area contributed by atoms with Gasteiger partial charge in [-0.05, 0) is 23.3 Å². The van der Waals surface area contributed by atoms with Gasteiger partial charge in [-0.25, -0.2) is 0 Å². The summed E-state index contributed by atoms with van der Waals surface area (Å²) < 4.78 is 0. The highest BCUT2D eigenvalue weighted by molar-refractivity contribution is 5.95. The van der Waals surface area contributed by atoms with Crippen molar-refractivity contribution in [3.63, 3.8) is 0 Å². The molecule has 4 rings (SSSR count). The number of anilines is 1. The van der Waals surface area contributed by atoms with Gasteiger partial charge in [0.05, 0.1) is 11.0 Å². The van der Waals surface area contributed by atoms with Crippen molar-refractivity contribution in [2.75, 3.05) is 38.5 Å². The predicted molar refractivity (Wildman–Crippen MR) is 125 cm³/mol. The van der Waals surface area contributed by atoms with Crippen LogP contribution in [0.5, 0.6) is 0 Å². The Kier molecular flexibility index (Phi) is 6.47. The maximum Gasteiger partial charge on any atom is 0.293 e. The van der Waals surface area contributed by atoms with Crippen molar-refractivity contribution in [1.29, 1.82) is 0 Å². The van der Waals surface area contributed by atoms with Crippen LogP contribution in [0.3, 0.4) is 0 Å². The number of nitro groups is 1. The van der Waals surface area contributed by atoms with Crippen LogP contribution in [0.4, 0.5) is 11.4 Å². The van der Waals surface area contributed by atoms with Crippen LogP contribution in [0.1, 0.15) is 27.5 Å². The summed E-state index contributed by atoms with van der Waals surface area (Å²) in [5, 5.41) is 14.2. The first-order valence-corrected chi connectivity index (χ1v) is 10.7. The Morgan fingerprint density at radius 1 is 0.906 bits per heavy atom. The lowest BCUT2D eigenvalue weighted by Crippen LogP contribution is -2.49. The fourth-order valence-electron chi connectivity index (χ4n) is 4.28. The van der Waals surface area contributed by atoms with Crippen molar-refractivity contribution in [2.24, 2.45) is 0 Å². The molecule has 7 nitrogen and oxygen atoms in total. The Hall–Kier alpha value is -3.71. The fraction of sp³-hybridized carbons (Fsp3) is 0.240. The molecular formula is C25H26N4O3. The Balaban J connectivity index is 1.51. The van der Waals surface area contributed by atoms with Crippen LogP contribution >= 0.6 is 0 Å². The zero-order valence-corrected chi connectivity index (χ0v) is 18.0. The molecule has 164 valence electrons. The molecule has 0 spiro atoms. The third kappa shape index (κ3) is 4.48. The van der Waals surface area contributed by atoms with E-state index < -0.39 is 4.92 Å². The summed E-state index contributed by atoms with van der Waals surface area (Å²) >= 11 is 0. The summed E-state index contributed by atoms with van der Waals surface area (Å²) in [6, 6.07) is 25.5. The molecule has 32 heavy (non-hydrogen) atoms. The lowest BCUT2D eigenvalue weighted by molar-refractivity contribution is -0.384. The number of benzene rings is 3. The monoisotopic (exact) mass is 430 g/mol. The second kappa shape index (κ2) is 9.62. The summed E-state index contributed by atoms with van der Waals surface area (Å²) in [5.41, 5.74) is 3.08. The van der Waals surface area contributed by atoms with E-state index in [-0.39, 0.29) is 17.6 Å². The lowest BCUT2D eigenvalue weighted by atomic mass is 9.96. The van der Waals surface area contributed by atoms with Crippen molar-refractivity contribution in [3.8, 4) is 0 Å². The Bertz CT molecular complexity index is 1040. The van der Waals surface area contributed by atoms with Crippen molar-refractivity contribution in [3.05, 3.63) is 106 Å². The van der Waals surface area contributed by atoms with E-state index in [9.17, 15) is 14.9 Å². The van der Waals surface area contributed by atoms with Gasteiger partial charge < -0.3 is 10.2 Å². The summed E-state index contributed by atoms with van der Waals surface area (Å²) in [6.45, 7) is 2.57. The van der Waals surface area contributed by atoms with Gasteiger partial charge in [0.15, 0.2) is 0 Å². The minimum atomic E-state index is -0.467. The van der Waals surface area contributed by atoms with Gasteiger partial charge >= 0.3 is 0 Å². The molecule has 0 bridgehead atoms. The number of piperazine rings is 1. The number of rotatable bonds is 6. The smallest absolute Gasteiger partial charge is 0.293 e. The molecule has 7 heteroatoms. The second-order valence-corrected chi connectivity index (χ2v) is 7.79. The van der Waals surface area contributed by atoms with E-state index in [1.54, 1.807) is 24.1 Å². The first-order valence-electron chi connectivity index (χ1n) is 10.7. The molecule has 0 atom stereocenters. The predicted octanol–water partition coefficient (Wildman–Crippen LogP) is 4.18. The van der Waals surface area contributed by atoms with Crippen molar-refractivity contribution >= 4 is 17.3 Å². The number of hydrogen-bond acceptors (Lipinski definition) is 5. The van der Waals surface area contributed by atoms with Gasteiger partial charge in [-0.15, -0.1) is 0 Å². The topological polar surface area (TPSA) is 78.7 Å². The molecular weight excluding hydrogens is 404 g/mol. The average molecular weight is 431 g/mol. The van der Waals surface area contributed by atoms with E-state index in [0.29, 0.717) is 24.3 Å². The van der Waals surface area contributed by atoms with E-state index in [0.717, 1.165) is 13.1 Å². The van der Waals surface area contributed by atoms with Gasteiger partial charge in [-0.1, -0.05) is 60.7 Å². The highest BCUT2D eigenvalue weighted by Gasteiger charge is 2.29. The lowest BCUT2D eigenvalue weighted by Gasteiger charge is -2.39. The minimum Gasteiger partial charge on any atom is -0.383 e. The largest absolute Gasteiger partial charge is 0.383 e. The number of nitrogens with one attached hydrogen (secondary N) is 1. The Morgan fingerprint density at radius 2 is 1.47 bits per heavy atom. The van der Waals surface area contributed by atoms with Crippen LogP contribution in [0, 0.1) is 10.1 Å². The molecule has 3 aromatic carbocycles. The van der Waals surface area contributed by atoms with Crippen LogP contribution in [0.25, 0.3) is 0 Å². The van der Waals surface area contributed by atoms with Crippen LogP contribution in [0.2, 0.25) is 0 Å². The standard InChI is InChI=1S/C25H26N4O3/c1-26-22-13-12-21(18-23(22)29(31)32)25(30)28-16-14-27(15-17-28)24(19-8-4-2-5-9-19)20-10-6-3-7-11-20/h2-13,18,24,26H,14-17H2,1H3. The van der Waals surface area contributed by atoms with Gasteiger partial charge in [0, 0.05) is 44.9 Å². The van der Waals surface area contributed by atoms with Crippen LogP contribution < -0.4 is 5.32 Å². The van der Waals surface area contributed by atoms with E-state index in [4.69, 9.17) is 0 Å². The van der Waals surface area contributed by atoms with Gasteiger partial charge in [0.25, 0.3) is 11.6 Å². The van der Waals surface area contributed by atoms with Crippen LogP contribution in [-0.4, -0.2) is 53.9 Å². The molecule has 0 unspecified atom stereocenters. The van der Waals surface area contributed by atoms with Gasteiger partial charge in [0.2, 0.25) is 0 Å². The number of nitro benzene ring substituents is 1. The van der Waals surface area contributed by atoms with Crippen molar-refractivity contribution in [2.45, 2.75) is 6.04 Å². The number of hydrogen-bond donors (Lipinski definition) is 1. The number of amides is 1. The zero-order valence-electron chi connectivity index (χ0n) is 18.0. The molecule has 1 aliphatic heterocycles. The van der Waals surface area contributed by atoms with E-state index in [1.165, 1.54) is 17.2 Å². The zero-order chi connectivity index (χ0) is 22.5. The van der Waals surface area contributed by atoms with E-state index in [2.05, 4.69) is 34.5 Å². The van der Waals surface area contributed by atoms with E-state index >= 15 is 0 Å². The summed E-state index contributed by atoms with van der Waals surface area (Å²) in [4.78, 5) is 28.1. The summed E-state index contributed by atoms with van der Waals surface area (Å²) in [7, 11) is 1.62. The molecule has 0 aliphatic carbocycles. The SMILES string of the molecule is CNc1ccc(C(=O)N2CCN(C(c3ccccc3)c3ccccc3)CC2)cc1[N+](=O)[O-]. The molecule has 0 radical (unpaired) electrons. The quantitative estimate of drug-likeness (QED) is 0.469. The minimum absolute atomic E-state index is 0.0924. The maximum atomic E-state index is 13.1. The molecule has 1 N–H and O–H groups in total. The molecule has 0 saturated carbocycles. The van der Waals surface area contributed by atoms with Gasteiger partial charge in [0.1, 0.15) is 5.69 Å². The molecule has 1 amide bonds. The molecule has 1 saturated heterocycles. The highest BCUT2D eigenvalue weighted by Crippen LogP contribution is 2.30. The third-order valence-corrected chi connectivity index (χ3v) is 5.91. The molecule has 1 heterocycles. The summed E-state index contributed by atoms with van der Waals surface area (Å²) in [5.74, 6) is -0.175. The van der Waals surface area contributed by atoms with Crippen molar-refractivity contribution in [1.82, 2.24) is 9.80 Å². The first kappa shape index (κ1) is 21.5. The Morgan fingerprint density at radius 3 is 1.97 bits per heavy atom. The third-order valence-electron chi connectivity index (χ3n) is 5.91. The number of nitrogens with zero attached hydrogens (tertiary/aromatic N) is 3. The second-order valence-electron chi connectivity index (χ2n) is 7.79. The number of carbonyl (C=O) groups is 1. The summed E-state index contributed by atoms with van der Waals surface area (Å²) in [6.07, 6.45) is 0. The molecule has 1 aliphatic rings. The van der Waals surface area contributed by atoms with Crippen LogP contribution in [0.15, 0.2) is 78.9 Å². The fourth-order valence-corrected chi connectivity index (χ4v) is 4.28. The van der Waals surface area contributed by atoms with Crippen molar-refractivity contribution < 1.29 is 9.72 Å². The first-order chi connectivity index (χ1) is 15.6. The molecule has 3 aromatic rings. The average Bonchev–Trinajstić information content (AvgIpc) is 2.85. The van der Waals surface area contributed by atoms with Gasteiger partial charge in [-0.3, -0.25) is 19.8 Å². The Labute approximate surface area is 187 Å².